The zero-order valence-corrected chi connectivity index (χ0v) is 23.8. The molecule has 0 saturated carbocycles. The van der Waals surface area contributed by atoms with Crippen molar-refractivity contribution in [2.75, 3.05) is 19.8 Å². The van der Waals surface area contributed by atoms with E-state index in [9.17, 15) is 21.6 Å². The van der Waals surface area contributed by atoms with Crippen LogP contribution in [0, 0.1) is 0 Å². The Morgan fingerprint density at radius 1 is 1.08 bits per heavy atom. The number of carbonyl (C=O) groups is 1. The van der Waals surface area contributed by atoms with Crippen molar-refractivity contribution in [1.29, 1.82) is 0 Å². The van der Waals surface area contributed by atoms with Crippen molar-refractivity contribution in [2.45, 2.75) is 61.9 Å². The Labute approximate surface area is 226 Å². The maximum absolute atomic E-state index is 13.2. The maximum Gasteiger partial charge on any atom is 0.279 e. The van der Waals surface area contributed by atoms with Crippen LogP contribution in [0.5, 0.6) is 0 Å². The van der Waals surface area contributed by atoms with Gasteiger partial charge in [-0.05, 0) is 68.7 Å². The first-order valence-electron chi connectivity index (χ1n) is 12.5. The third-order valence-electron chi connectivity index (χ3n) is 6.60. The van der Waals surface area contributed by atoms with Gasteiger partial charge in [-0.1, -0.05) is 24.7 Å². The molecule has 2 N–H and O–H groups in total. The van der Waals surface area contributed by atoms with Gasteiger partial charge in [0.2, 0.25) is 20.0 Å². The van der Waals surface area contributed by atoms with Gasteiger partial charge in [0, 0.05) is 31.3 Å². The fourth-order valence-corrected chi connectivity index (χ4v) is 8.06. The molecular formula is C25H32N4O6S3. The maximum atomic E-state index is 13.2. The molecule has 0 radical (unpaired) electrons. The van der Waals surface area contributed by atoms with Crippen LogP contribution < -0.4 is 9.94 Å². The molecule has 13 heteroatoms. The number of thiazole rings is 1. The Morgan fingerprint density at radius 2 is 1.79 bits per heavy atom. The number of ether oxygens (including phenoxy) is 1. The fraction of sp³-hybridized carbons (Fsp3) is 0.440. The molecule has 4 rings (SSSR count). The normalized spacial score (nSPS) is 17.8. The van der Waals surface area contributed by atoms with Crippen molar-refractivity contribution < 1.29 is 26.4 Å². The number of nitrogens with two attached hydrogens (primary N) is 1. The largest absolute Gasteiger partial charge is 0.380 e. The number of hydrogen-bond donors (Lipinski definition) is 1. The van der Waals surface area contributed by atoms with Crippen LogP contribution in [0.2, 0.25) is 0 Å². The summed E-state index contributed by atoms with van der Waals surface area (Å²) in [5.74, 6) is -0.540. The summed E-state index contributed by atoms with van der Waals surface area (Å²) in [6.07, 6.45) is 3.46. The molecule has 1 unspecified atom stereocenters. The zero-order chi connectivity index (χ0) is 27.5. The van der Waals surface area contributed by atoms with E-state index in [-0.39, 0.29) is 21.4 Å². The summed E-state index contributed by atoms with van der Waals surface area (Å²) in [7, 11) is -7.55. The predicted octanol–water partition coefficient (Wildman–Crippen LogP) is 3.08. The molecule has 3 aromatic rings. The molecule has 0 bridgehead atoms. The first-order chi connectivity index (χ1) is 18.1. The summed E-state index contributed by atoms with van der Waals surface area (Å²) in [5.41, 5.74) is 0.941. The van der Waals surface area contributed by atoms with Gasteiger partial charge in [0.05, 0.1) is 26.6 Å². The summed E-state index contributed by atoms with van der Waals surface area (Å²) in [5, 5.41) is 5.28. The first kappa shape index (κ1) is 28.6. The van der Waals surface area contributed by atoms with Crippen LogP contribution in [0.4, 0.5) is 0 Å². The van der Waals surface area contributed by atoms with Crippen LogP contribution in [-0.2, 0) is 31.3 Å². The van der Waals surface area contributed by atoms with E-state index >= 15 is 0 Å². The highest BCUT2D eigenvalue weighted by Crippen LogP contribution is 2.27. The molecule has 1 atom stereocenters. The third-order valence-corrected chi connectivity index (χ3v) is 10.5. The molecule has 38 heavy (non-hydrogen) atoms. The minimum atomic E-state index is -3.89. The van der Waals surface area contributed by atoms with Gasteiger partial charge in [0.25, 0.3) is 5.91 Å². The lowest BCUT2D eigenvalue weighted by Gasteiger charge is -2.34. The smallest absolute Gasteiger partial charge is 0.279 e. The lowest BCUT2D eigenvalue weighted by atomic mass is 10.0. The molecule has 1 aromatic heterocycles. The van der Waals surface area contributed by atoms with Gasteiger partial charge in [0.1, 0.15) is 0 Å². The van der Waals surface area contributed by atoms with E-state index in [1.165, 1.54) is 36.4 Å². The van der Waals surface area contributed by atoms with Crippen LogP contribution in [0.3, 0.4) is 0 Å². The summed E-state index contributed by atoms with van der Waals surface area (Å²) in [6.45, 7) is 5.67. The molecule has 1 fully saturated rings. The van der Waals surface area contributed by atoms with Crippen LogP contribution in [0.15, 0.2) is 57.2 Å². The van der Waals surface area contributed by atoms with Crippen LogP contribution >= 0.6 is 11.3 Å². The van der Waals surface area contributed by atoms with Gasteiger partial charge >= 0.3 is 0 Å². The molecule has 206 valence electrons. The van der Waals surface area contributed by atoms with Gasteiger partial charge in [0.15, 0.2) is 4.80 Å². The number of sulfonamides is 2. The molecule has 2 aromatic carbocycles. The van der Waals surface area contributed by atoms with Crippen molar-refractivity contribution in [3.63, 3.8) is 0 Å². The Hall–Kier alpha value is -2.42. The van der Waals surface area contributed by atoms with Crippen LogP contribution in [0.25, 0.3) is 10.2 Å². The van der Waals surface area contributed by atoms with E-state index in [0.717, 1.165) is 37.0 Å². The van der Waals surface area contributed by atoms with Crippen molar-refractivity contribution >= 4 is 47.5 Å². The highest BCUT2D eigenvalue weighted by atomic mass is 32.2. The van der Waals surface area contributed by atoms with E-state index < -0.39 is 26.0 Å². The Balaban J connectivity index is 1.67. The Morgan fingerprint density at radius 3 is 2.45 bits per heavy atom. The minimum Gasteiger partial charge on any atom is -0.380 e. The number of primary sulfonamides is 1. The zero-order valence-electron chi connectivity index (χ0n) is 21.4. The van der Waals surface area contributed by atoms with Gasteiger partial charge in [-0.15, -0.1) is 0 Å². The van der Waals surface area contributed by atoms with E-state index in [0.29, 0.717) is 41.3 Å². The molecule has 2 heterocycles. The van der Waals surface area contributed by atoms with Crippen molar-refractivity contribution in [3.8, 4) is 0 Å². The number of carbonyl (C=O) groups excluding carboxylic acids is 1. The molecule has 10 nitrogen and oxygen atoms in total. The number of piperidine rings is 1. The summed E-state index contributed by atoms with van der Waals surface area (Å²) >= 11 is 1.16. The fourth-order valence-electron chi connectivity index (χ4n) is 4.59. The van der Waals surface area contributed by atoms with Gasteiger partial charge in [-0.25, -0.2) is 22.0 Å². The molecular weight excluding hydrogens is 548 g/mol. The lowest BCUT2D eigenvalue weighted by molar-refractivity contribution is 0.0996. The average molecular weight is 581 g/mol. The summed E-state index contributed by atoms with van der Waals surface area (Å²) in [6, 6.07) is 10.3. The standard InChI is InChI=1S/C25H32N4O6S3/c1-3-19-7-5-6-14-29(19)38(33,34)20-10-8-18(9-11-20)24(30)27-25-28(15-16-35-4-2)22-13-12-21(37(26,31)32)17-23(22)36-25/h8-13,17,19H,3-7,14-16H2,1-2H3,(H2,26,31,32). The summed E-state index contributed by atoms with van der Waals surface area (Å²) < 4.78 is 59.6. The molecule has 0 spiro atoms. The number of fused-ring (bicyclic) bond motifs is 1. The molecule has 1 amide bonds. The SMILES string of the molecule is CCOCCn1c(=NC(=O)c2ccc(S(=O)(=O)N3CCCCC3CC)cc2)sc2cc(S(N)(=O)=O)ccc21. The predicted molar refractivity (Wildman–Crippen MR) is 146 cm³/mol. The highest BCUT2D eigenvalue weighted by Gasteiger charge is 2.32. The Kier molecular flexibility index (Phi) is 8.85. The number of benzene rings is 2. The van der Waals surface area contributed by atoms with E-state index in [1.807, 2.05) is 13.8 Å². The van der Waals surface area contributed by atoms with E-state index in [4.69, 9.17) is 9.88 Å². The quantitative estimate of drug-likeness (QED) is 0.386. The van der Waals surface area contributed by atoms with Gasteiger partial charge in [-0.3, -0.25) is 4.79 Å². The van der Waals surface area contributed by atoms with E-state index in [2.05, 4.69) is 4.99 Å². The second kappa shape index (κ2) is 11.8. The number of aromatic nitrogens is 1. The lowest BCUT2D eigenvalue weighted by Crippen LogP contribution is -2.43. The van der Waals surface area contributed by atoms with Crippen LogP contribution in [0.1, 0.15) is 49.9 Å². The molecule has 1 aliphatic rings. The van der Waals surface area contributed by atoms with Gasteiger partial charge < -0.3 is 9.30 Å². The number of hydrogen-bond acceptors (Lipinski definition) is 7. The summed E-state index contributed by atoms with van der Waals surface area (Å²) in [4.78, 5) is 17.9. The average Bonchev–Trinajstić information content (AvgIpc) is 3.24. The first-order valence-corrected chi connectivity index (χ1v) is 16.3. The number of rotatable bonds is 9. The third kappa shape index (κ3) is 6.08. The second-order valence-electron chi connectivity index (χ2n) is 9.02. The van der Waals surface area contributed by atoms with E-state index in [1.54, 1.807) is 14.9 Å². The molecule has 1 saturated heterocycles. The van der Waals surface area contributed by atoms with Crippen molar-refractivity contribution in [1.82, 2.24) is 8.87 Å². The topological polar surface area (TPSA) is 141 Å². The van der Waals surface area contributed by atoms with Crippen LogP contribution in [-0.4, -0.2) is 57.4 Å². The monoisotopic (exact) mass is 580 g/mol. The molecule has 1 aliphatic heterocycles. The van der Waals surface area contributed by atoms with Gasteiger partial charge in [-0.2, -0.15) is 9.30 Å². The van der Waals surface area contributed by atoms with Crippen molar-refractivity contribution in [2.24, 2.45) is 10.1 Å². The number of nitrogens with zero attached hydrogens (tertiary/aromatic N) is 3. The number of amides is 1. The van der Waals surface area contributed by atoms with Crippen molar-refractivity contribution in [3.05, 3.63) is 52.8 Å². The second-order valence-corrected chi connectivity index (χ2v) is 13.5. The molecule has 0 aliphatic carbocycles. The minimum absolute atomic E-state index is 0.0140. The Bertz CT molecular complexity index is 1590. The highest BCUT2D eigenvalue weighted by molar-refractivity contribution is 7.89.